The Morgan fingerprint density at radius 1 is 1.10 bits per heavy atom. The van der Waals surface area contributed by atoms with Crippen molar-refractivity contribution in [3.05, 3.63) is 17.0 Å². The van der Waals surface area contributed by atoms with Gasteiger partial charge >= 0.3 is 0 Å². The van der Waals surface area contributed by atoms with Crippen molar-refractivity contribution < 1.29 is 9.47 Å². The van der Waals surface area contributed by atoms with E-state index in [9.17, 15) is 0 Å². The molecule has 0 aliphatic carbocycles. The number of H-pyrrole nitrogens is 1. The number of rotatable bonds is 4. The molecule has 1 aromatic heterocycles. The molecule has 3 unspecified atom stereocenters. The molecule has 0 aromatic carbocycles. The molecule has 0 bridgehead atoms. The van der Waals surface area contributed by atoms with Crippen LogP contribution in [0.2, 0.25) is 0 Å². The first-order chi connectivity index (χ1) is 9.92. The third-order valence-electron chi connectivity index (χ3n) is 4.94. The van der Waals surface area contributed by atoms with Crippen molar-refractivity contribution in [1.82, 2.24) is 4.98 Å². The maximum Gasteiger partial charge on any atom is 0.123 e. The third kappa shape index (κ3) is 1.69. The van der Waals surface area contributed by atoms with Crippen molar-refractivity contribution in [2.75, 3.05) is 37.0 Å². The van der Waals surface area contributed by atoms with E-state index in [1.807, 2.05) is 0 Å². The van der Waals surface area contributed by atoms with E-state index in [1.165, 1.54) is 60.7 Å². The molecular formula is C15H20N2O2S. The van der Waals surface area contributed by atoms with Crippen LogP contribution in [0, 0.1) is 0 Å². The monoisotopic (exact) mass is 292 g/mol. The molecule has 0 radical (unpaired) electrons. The first kappa shape index (κ1) is 12.0. The van der Waals surface area contributed by atoms with Crippen molar-refractivity contribution in [2.24, 2.45) is 0 Å². The minimum Gasteiger partial charge on any atom is -0.373 e. The van der Waals surface area contributed by atoms with Gasteiger partial charge in [0, 0.05) is 36.0 Å². The lowest BCUT2D eigenvalue weighted by Gasteiger charge is -2.38. The average molecular weight is 292 g/mol. The molecule has 4 nitrogen and oxygen atoms in total. The van der Waals surface area contributed by atoms with Crippen LogP contribution in [-0.2, 0) is 9.47 Å². The minimum absolute atomic E-state index is 0.309. The standard InChI is InChI=1S/C15H20N2O2S/c1-4-17(5-1)15-12(9-2-6-18-9)14(11-3-7-20-11)16-13(15)10-8-19-10/h9-11,16H,1-8H2. The molecule has 1 aromatic rings. The van der Waals surface area contributed by atoms with Crippen molar-refractivity contribution in [3.63, 3.8) is 0 Å². The molecule has 5 heterocycles. The number of nitrogens with zero attached hydrogens (tertiary/aromatic N) is 1. The number of thioether (sulfide) groups is 1. The maximum absolute atomic E-state index is 5.85. The second-order valence-corrected chi connectivity index (χ2v) is 7.48. The fraction of sp³-hybridized carbons (Fsp3) is 0.733. The molecule has 3 atom stereocenters. The number of aromatic nitrogens is 1. The van der Waals surface area contributed by atoms with Crippen molar-refractivity contribution in [2.45, 2.75) is 36.7 Å². The van der Waals surface area contributed by atoms with Crippen LogP contribution in [0.1, 0.15) is 53.7 Å². The Balaban J connectivity index is 1.62. The molecule has 4 aliphatic rings. The molecule has 5 rings (SSSR count). The minimum atomic E-state index is 0.309. The largest absolute Gasteiger partial charge is 0.373 e. The van der Waals surface area contributed by atoms with Gasteiger partial charge in [0.15, 0.2) is 0 Å². The average Bonchev–Trinajstić information content (AvgIpc) is 3.01. The Labute approximate surface area is 123 Å². The number of aromatic amines is 1. The second-order valence-electron chi connectivity index (χ2n) is 6.17. The Hall–Kier alpha value is -0.650. The number of hydrogen-bond acceptors (Lipinski definition) is 4. The highest BCUT2D eigenvalue weighted by Crippen LogP contribution is 2.52. The highest BCUT2D eigenvalue weighted by Gasteiger charge is 2.41. The van der Waals surface area contributed by atoms with Crippen LogP contribution in [0.15, 0.2) is 0 Å². The molecule has 5 heteroatoms. The second kappa shape index (κ2) is 4.42. The van der Waals surface area contributed by atoms with E-state index in [2.05, 4.69) is 21.6 Å². The number of hydrogen-bond donors (Lipinski definition) is 1. The van der Waals surface area contributed by atoms with E-state index in [0.29, 0.717) is 17.5 Å². The number of epoxide rings is 1. The van der Waals surface area contributed by atoms with E-state index in [-0.39, 0.29) is 0 Å². The normalized spacial score (nSPS) is 35.2. The Morgan fingerprint density at radius 3 is 2.35 bits per heavy atom. The lowest BCUT2D eigenvalue weighted by molar-refractivity contribution is -0.0529. The van der Waals surface area contributed by atoms with Crippen LogP contribution in [0.4, 0.5) is 5.69 Å². The first-order valence-corrected chi connectivity index (χ1v) is 8.82. The predicted octanol–water partition coefficient (Wildman–Crippen LogP) is 2.94. The molecule has 108 valence electrons. The summed E-state index contributed by atoms with van der Waals surface area (Å²) < 4.78 is 11.4. The molecule has 0 spiro atoms. The fourth-order valence-corrected chi connectivity index (χ4v) is 4.20. The summed E-state index contributed by atoms with van der Waals surface area (Å²) in [5.74, 6) is 1.29. The molecule has 4 fully saturated rings. The van der Waals surface area contributed by atoms with E-state index < -0.39 is 0 Å². The third-order valence-corrected chi connectivity index (χ3v) is 6.28. The first-order valence-electron chi connectivity index (χ1n) is 7.77. The highest BCUT2D eigenvalue weighted by atomic mass is 32.2. The molecule has 20 heavy (non-hydrogen) atoms. The molecule has 0 saturated carbocycles. The van der Waals surface area contributed by atoms with Crippen molar-refractivity contribution >= 4 is 17.4 Å². The predicted molar refractivity (Wildman–Crippen MR) is 79.4 cm³/mol. The Kier molecular flexibility index (Phi) is 2.64. The zero-order valence-corrected chi connectivity index (χ0v) is 12.4. The summed E-state index contributed by atoms with van der Waals surface area (Å²) in [4.78, 5) is 6.27. The smallest absolute Gasteiger partial charge is 0.123 e. The summed E-state index contributed by atoms with van der Waals surface area (Å²) in [5, 5.41) is 0.654. The van der Waals surface area contributed by atoms with Gasteiger partial charge in [-0.2, -0.15) is 11.8 Å². The van der Waals surface area contributed by atoms with Gasteiger partial charge in [0.1, 0.15) is 6.10 Å². The topological polar surface area (TPSA) is 40.8 Å². The molecule has 0 amide bonds. The maximum atomic E-state index is 5.85. The summed E-state index contributed by atoms with van der Waals surface area (Å²) in [6.45, 7) is 4.18. The van der Waals surface area contributed by atoms with Crippen molar-refractivity contribution in [1.29, 1.82) is 0 Å². The lowest BCUT2D eigenvalue weighted by atomic mass is 9.96. The van der Waals surface area contributed by atoms with Gasteiger partial charge in [0.2, 0.25) is 0 Å². The van der Waals surface area contributed by atoms with Gasteiger partial charge in [-0.05, 0) is 18.6 Å². The molecule has 4 aliphatic heterocycles. The van der Waals surface area contributed by atoms with Gasteiger partial charge < -0.3 is 19.4 Å². The Bertz CT molecular complexity index is 528. The van der Waals surface area contributed by atoms with Crippen LogP contribution in [0.3, 0.4) is 0 Å². The number of anilines is 1. The van der Waals surface area contributed by atoms with E-state index in [1.54, 1.807) is 0 Å². The van der Waals surface area contributed by atoms with Gasteiger partial charge in [0.25, 0.3) is 0 Å². The van der Waals surface area contributed by atoms with Gasteiger partial charge in [-0.15, -0.1) is 0 Å². The molecule has 1 N–H and O–H groups in total. The van der Waals surface area contributed by atoms with E-state index in [4.69, 9.17) is 9.47 Å². The highest BCUT2D eigenvalue weighted by molar-refractivity contribution is 8.00. The van der Waals surface area contributed by atoms with Gasteiger partial charge in [-0.3, -0.25) is 0 Å². The van der Waals surface area contributed by atoms with Crippen LogP contribution in [0.5, 0.6) is 0 Å². The quantitative estimate of drug-likeness (QED) is 0.866. The van der Waals surface area contributed by atoms with Crippen LogP contribution < -0.4 is 4.90 Å². The van der Waals surface area contributed by atoms with Crippen LogP contribution in [-0.4, -0.2) is 37.0 Å². The van der Waals surface area contributed by atoms with E-state index in [0.717, 1.165) is 13.2 Å². The van der Waals surface area contributed by atoms with Crippen LogP contribution in [0.25, 0.3) is 0 Å². The Morgan fingerprint density at radius 2 is 1.90 bits per heavy atom. The summed E-state index contributed by atoms with van der Waals surface area (Å²) in [6, 6.07) is 0. The lowest BCUT2D eigenvalue weighted by Crippen LogP contribution is -2.38. The fourth-order valence-electron chi connectivity index (χ4n) is 3.38. The SMILES string of the molecule is C1CN(c2c(C3CO3)[nH]c(C3CCS3)c2C2CCO2)C1. The summed E-state index contributed by atoms with van der Waals surface area (Å²) in [6.07, 6.45) is 4.42. The molecular weight excluding hydrogens is 272 g/mol. The zero-order chi connectivity index (χ0) is 13.1. The summed E-state index contributed by atoms with van der Waals surface area (Å²) in [5.41, 5.74) is 5.68. The van der Waals surface area contributed by atoms with E-state index >= 15 is 0 Å². The van der Waals surface area contributed by atoms with Crippen molar-refractivity contribution in [3.8, 4) is 0 Å². The van der Waals surface area contributed by atoms with Gasteiger partial charge in [-0.25, -0.2) is 0 Å². The molecule has 4 saturated heterocycles. The zero-order valence-electron chi connectivity index (χ0n) is 11.6. The van der Waals surface area contributed by atoms with Gasteiger partial charge in [0.05, 0.1) is 30.7 Å². The van der Waals surface area contributed by atoms with Gasteiger partial charge in [-0.1, -0.05) is 0 Å². The van der Waals surface area contributed by atoms with Crippen LogP contribution >= 0.6 is 11.8 Å². The number of nitrogens with one attached hydrogen (secondary N) is 1. The summed E-state index contributed by atoms with van der Waals surface area (Å²) >= 11 is 2.07. The summed E-state index contributed by atoms with van der Waals surface area (Å²) in [7, 11) is 0. The number of ether oxygens (including phenoxy) is 2.